The number of hydrogen-bond donors (Lipinski definition) is 1. The van der Waals surface area contributed by atoms with Gasteiger partial charge in [-0.3, -0.25) is 4.40 Å². The Morgan fingerprint density at radius 1 is 1.67 bits per heavy atom. The Bertz CT molecular complexity index is 475. The molecule has 0 saturated carbocycles. The molecule has 4 nitrogen and oxygen atoms in total. The van der Waals surface area contributed by atoms with Crippen LogP contribution in [0.4, 0.5) is 0 Å². The number of aliphatic hydroxyl groups excluding tert-OH is 1. The van der Waals surface area contributed by atoms with Crippen molar-refractivity contribution in [3.63, 3.8) is 0 Å². The van der Waals surface area contributed by atoms with Crippen molar-refractivity contribution in [3.05, 3.63) is 17.3 Å². The van der Waals surface area contributed by atoms with Crippen LogP contribution in [0.5, 0.6) is 0 Å². The fourth-order valence-electron chi connectivity index (χ4n) is 1.49. The zero-order valence-electron chi connectivity index (χ0n) is 7.92. The minimum absolute atomic E-state index is 0.0355. The van der Waals surface area contributed by atoms with Crippen LogP contribution >= 0.6 is 23.1 Å². The molecular weight excluding hydrogens is 232 g/mol. The Balaban J connectivity index is 1.96. The number of nitrogens with zero attached hydrogens (tertiary/aromatic N) is 2. The Kier molecular flexibility index (Phi) is 2.44. The lowest BCUT2D eigenvalue weighted by molar-refractivity contribution is 0.0454. The van der Waals surface area contributed by atoms with Crippen molar-refractivity contribution in [2.24, 2.45) is 0 Å². The highest BCUT2D eigenvalue weighted by molar-refractivity contribution is 8.00. The molecule has 0 aliphatic carbocycles. The maximum atomic E-state index is 9.33. The van der Waals surface area contributed by atoms with Gasteiger partial charge in [-0.25, -0.2) is 4.98 Å². The second kappa shape index (κ2) is 3.79. The van der Waals surface area contributed by atoms with Crippen molar-refractivity contribution in [2.75, 3.05) is 13.2 Å². The standard InChI is InChI=1S/C9H10N2O2S2/c12-3-7-8(15-6-4-13-5-6)10-9-11(7)1-2-14-9/h1-2,6,12H,3-5H2. The summed E-state index contributed by atoms with van der Waals surface area (Å²) in [5, 5.41) is 12.7. The number of aliphatic hydroxyl groups is 1. The van der Waals surface area contributed by atoms with Crippen LogP contribution in [-0.4, -0.2) is 33.0 Å². The van der Waals surface area contributed by atoms with E-state index in [-0.39, 0.29) is 6.61 Å². The first-order valence-electron chi connectivity index (χ1n) is 4.68. The molecule has 1 aliphatic heterocycles. The third kappa shape index (κ3) is 1.57. The number of hydrogen-bond acceptors (Lipinski definition) is 5. The molecule has 0 radical (unpaired) electrons. The molecule has 3 heterocycles. The number of ether oxygens (including phenoxy) is 1. The van der Waals surface area contributed by atoms with Crippen LogP contribution in [0, 0.1) is 0 Å². The highest BCUT2D eigenvalue weighted by atomic mass is 32.2. The molecule has 0 amide bonds. The summed E-state index contributed by atoms with van der Waals surface area (Å²) >= 11 is 3.29. The van der Waals surface area contributed by atoms with Gasteiger partial charge in [-0.05, 0) is 0 Å². The molecule has 0 bridgehead atoms. The predicted molar refractivity (Wildman–Crippen MR) is 59.5 cm³/mol. The maximum absolute atomic E-state index is 9.33. The van der Waals surface area contributed by atoms with E-state index in [1.807, 2.05) is 16.0 Å². The maximum Gasteiger partial charge on any atom is 0.195 e. The summed E-state index contributed by atoms with van der Waals surface area (Å²) in [7, 11) is 0. The second-order valence-electron chi connectivity index (χ2n) is 3.35. The topological polar surface area (TPSA) is 46.8 Å². The van der Waals surface area contributed by atoms with Gasteiger partial charge < -0.3 is 9.84 Å². The number of imidazole rings is 1. The minimum atomic E-state index is 0.0355. The molecule has 6 heteroatoms. The molecule has 2 aromatic rings. The normalized spacial score (nSPS) is 17.1. The molecule has 0 spiro atoms. The summed E-state index contributed by atoms with van der Waals surface area (Å²) in [6.07, 6.45) is 1.94. The van der Waals surface area contributed by atoms with Gasteiger partial charge in [-0.15, -0.1) is 11.3 Å². The first-order chi connectivity index (χ1) is 7.38. The molecule has 1 saturated heterocycles. The molecule has 0 aromatic carbocycles. The van der Waals surface area contributed by atoms with Crippen LogP contribution in [0.15, 0.2) is 16.6 Å². The number of thioether (sulfide) groups is 1. The van der Waals surface area contributed by atoms with Gasteiger partial charge in [0.15, 0.2) is 4.96 Å². The van der Waals surface area contributed by atoms with Crippen molar-refractivity contribution in [1.29, 1.82) is 0 Å². The van der Waals surface area contributed by atoms with Crippen LogP contribution in [0.2, 0.25) is 0 Å². The van der Waals surface area contributed by atoms with E-state index >= 15 is 0 Å². The Labute approximate surface area is 94.9 Å². The number of fused-ring (bicyclic) bond motifs is 1. The zero-order chi connectivity index (χ0) is 10.3. The second-order valence-corrected chi connectivity index (χ2v) is 5.52. The van der Waals surface area contributed by atoms with Crippen molar-refractivity contribution in [1.82, 2.24) is 9.38 Å². The average Bonchev–Trinajstić information content (AvgIpc) is 2.69. The smallest absolute Gasteiger partial charge is 0.195 e. The fourth-order valence-corrected chi connectivity index (χ4v) is 3.36. The molecule has 0 atom stereocenters. The summed E-state index contributed by atoms with van der Waals surface area (Å²) in [5.41, 5.74) is 0.892. The van der Waals surface area contributed by atoms with E-state index < -0.39 is 0 Å². The monoisotopic (exact) mass is 242 g/mol. The number of rotatable bonds is 3. The zero-order valence-corrected chi connectivity index (χ0v) is 9.55. The van der Waals surface area contributed by atoms with E-state index in [1.54, 1.807) is 23.1 Å². The summed E-state index contributed by atoms with van der Waals surface area (Å²) < 4.78 is 7.07. The Morgan fingerprint density at radius 2 is 2.53 bits per heavy atom. The van der Waals surface area contributed by atoms with E-state index in [9.17, 15) is 5.11 Å². The minimum Gasteiger partial charge on any atom is -0.390 e. The van der Waals surface area contributed by atoms with E-state index in [0.717, 1.165) is 28.9 Å². The first kappa shape index (κ1) is 9.65. The third-order valence-electron chi connectivity index (χ3n) is 2.36. The number of thiazole rings is 1. The molecule has 1 N–H and O–H groups in total. The van der Waals surface area contributed by atoms with E-state index in [4.69, 9.17) is 4.74 Å². The lowest BCUT2D eigenvalue weighted by atomic mass is 10.4. The fraction of sp³-hybridized carbons (Fsp3) is 0.444. The van der Waals surface area contributed by atoms with Gasteiger partial charge in [0.25, 0.3) is 0 Å². The van der Waals surface area contributed by atoms with Crippen LogP contribution in [0.3, 0.4) is 0 Å². The molecule has 1 aliphatic rings. The first-order valence-corrected chi connectivity index (χ1v) is 6.44. The Hall–Kier alpha value is -0.560. The van der Waals surface area contributed by atoms with E-state index in [1.165, 1.54) is 0 Å². The third-order valence-corrected chi connectivity index (χ3v) is 4.27. The summed E-state index contributed by atoms with van der Waals surface area (Å²) in [6, 6.07) is 0. The van der Waals surface area contributed by atoms with Gasteiger partial charge in [-0.2, -0.15) is 0 Å². The lowest BCUT2D eigenvalue weighted by Crippen LogP contribution is -2.30. The van der Waals surface area contributed by atoms with Gasteiger partial charge in [0.1, 0.15) is 5.03 Å². The molecule has 80 valence electrons. The van der Waals surface area contributed by atoms with Crippen molar-refractivity contribution in [3.8, 4) is 0 Å². The van der Waals surface area contributed by atoms with Crippen LogP contribution in [0.1, 0.15) is 5.69 Å². The number of aromatic nitrogens is 2. The largest absolute Gasteiger partial charge is 0.390 e. The Morgan fingerprint density at radius 3 is 3.20 bits per heavy atom. The van der Waals surface area contributed by atoms with Crippen LogP contribution < -0.4 is 0 Å². The van der Waals surface area contributed by atoms with Crippen molar-refractivity contribution in [2.45, 2.75) is 16.9 Å². The molecule has 15 heavy (non-hydrogen) atoms. The highest BCUT2D eigenvalue weighted by Gasteiger charge is 2.23. The van der Waals surface area contributed by atoms with Crippen molar-refractivity contribution < 1.29 is 9.84 Å². The van der Waals surface area contributed by atoms with Gasteiger partial charge in [-0.1, -0.05) is 11.8 Å². The molecule has 3 rings (SSSR count). The highest BCUT2D eigenvalue weighted by Crippen LogP contribution is 2.31. The van der Waals surface area contributed by atoms with Gasteiger partial charge in [0.05, 0.1) is 30.8 Å². The van der Waals surface area contributed by atoms with Gasteiger partial charge >= 0.3 is 0 Å². The molecule has 2 aromatic heterocycles. The molecule has 0 unspecified atom stereocenters. The quantitative estimate of drug-likeness (QED) is 0.883. The lowest BCUT2D eigenvalue weighted by Gasteiger charge is -2.24. The average molecular weight is 242 g/mol. The summed E-state index contributed by atoms with van der Waals surface area (Å²) in [6.45, 7) is 1.62. The van der Waals surface area contributed by atoms with Crippen LogP contribution in [-0.2, 0) is 11.3 Å². The van der Waals surface area contributed by atoms with Gasteiger partial charge in [0, 0.05) is 11.6 Å². The van der Waals surface area contributed by atoms with E-state index in [0.29, 0.717) is 5.25 Å². The molecular formula is C9H10N2O2S2. The van der Waals surface area contributed by atoms with Crippen molar-refractivity contribution >= 4 is 28.1 Å². The SMILES string of the molecule is OCc1c(SC2COC2)nc2sccn12. The van der Waals surface area contributed by atoms with Gasteiger partial charge in [0.2, 0.25) is 0 Å². The summed E-state index contributed by atoms with van der Waals surface area (Å²) in [5.74, 6) is 0. The summed E-state index contributed by atoms with van der Waals surface area (Å²) in [4.78, 5) is 5.44. The predicted octanol–water partition coefficient (Wildman–Crippen LogP) is 1.38. The van der Waals surface area contributed by atoms with E-state index in [2.05, 4.69) is 4.98 Å². The molecule has 1 fully saturated rings. The van der Waals surface area contributed by atoms with Crippen LogP contribution in [0.25, 0.3) is 4.96 Å².